The smallest absolute Gasteiger partial charge is 0.264 e. The Bertz CT molecular complexity index is 1660. The predicted octanol–water partition coefficient (Wildman–Crippen LogP) is 6.02. The monoisotopic (exact) mass is 658 g/mol. The molecule has 2 aliphatic heterocycles. The van der Waals surface area contributed by atoms with Crippen molar-refractivity contribution in [2.24, 2.45) is 5.92 Å². The van der Waals surface area contributed by atoms with Crippen LogP contribution in [0.2, 0.25) is 0 Å². The van der Waals surface area contributed by atoms with E-state index in [9.17, 15) is 23.9 Å². The Morgan fingerprint density at radius 2 is 1.46 bits per heavy atom. The second-order valence-corrected chi connectivity index (χ2v) is 13.4. The number of ketones is 1. The summed E-state index contributed by atoms with van der Waals surface area (Å²) in [6, 6.07) is 19.1. The van der Waals surface area contributed by atoms with Gasteiger partial charge < -0.3 is 15.3 Å². The van der Waals surface area contributed by atoms with Crippen LogP contribution < -0.4 is 10.2 Å². The molecule has 1 saturated heterocycles. The van der Waals surface area contributed by atoms with Gasteiger partial charge >= 0.3 is 0 Å². The third kappa shape index (κ3) is 6.40. The van der Waals surface area contributed by atoms with Gasteiger partial charge in [0, 0.05) is 48.9 Å². The lowest BCUT2D eigenvalue weighted by Gasteiger charge is -2.46. The molecule has 2 spiro atoms. The number of carbonyl (C=O) groups is 3. The highest BCUT2D eigenvalue weighted by atomic mass is 19.1. The van der Waals surface area contributed by atoms with Gasteiger partial charge in [-0.1, -0.05) is 48.9 Å². The Morgan fingerprint density at radius 1 is 0.833 bits per heavy atom. The molecule has 2 saturated carbocycles. The van der Waals surface area contributed by atoms with Crippen molar-refractivity contribution < 1.29 is 43.4 Å². The van der Waals surface area contributed by atoms with E-state index in [0.717, 1.165) is 56.6 Å². The fraction of sp³-hybridized carbons (Fsp3) is 0.432. The predicted molar refractivity (Wildman–Crippen MR) is 170 cm³/mol. The van der Waals surface area contributed by atoms with Gasteiger partial charge in [-0.2, -0.15) is 19.6 Å². The maximum absolute atomic E-state index is 14.3. The molecule has 1 unspecified atom stereocenters. The third-order valence-corrected chi connectivity index (χ3v) is 10.1. The molecule has 0 aromatic heterocycles. The first-order chi connectivity index (χ1) is 23.2. The Hall–Kier alpha value is -4.00. The molecular formula is C37H39FN2O8. The van der Waals surface area contributed by atoms with Gasteiger partial charge in [-0.15, -0.1) is 0 Å². The number of carbonyl (C=O) groups excluding carboxylic acids is 3. The Morgan fingerprint density at radius 3 is 2.12 bits per heavy atom. The van der Waals surface area contributed by atoms with Crippen molar-refractivity contribution in [1.29, 1.82) is 0 Å². The number of benzene rings is 3. The quantitative estimate of drug-likeness (QED) is 0.223. The fourth-order valence-corrected chi connectivity index (χ4v) is 7.17. The van der Waals surface area contributed by atoms with E-state index in [1.54, 1.807) is 0 Å². The van der Waals surface area contributed by atoms with E-state index in [4.69, 9.17) is 19.6 Å². The maximum atomic E-state index is 14.3. The van der Waals surface area contributed by atoms with Gasteiger partial charge in [-0.05, 0) is 67.5 Å². The van der Waals surface area contributed by atoms with Gasteiger partial charge in [0.05, 0.1) is 18.7 Å². The van der Waals surface area contributed by atoms with Crippen molar-refractivity contribution in [3.63, 3.8) is 0 Å². The van der Waals surface area contributed by atoms with E-state index >= 15 is 0 Å². The van der Waals surface area contributed by atoms with E-state index in [2.05, 4.69) is 5.32 Å². The van der Waals surface area contributed by atoms with Gasteiger partial charge in [0.25, 0.3) is 11.8 Å². The fourth-order valence-electron chi connectivity index (χ4n) is 7.17. The van der Waals surface area contributed by atoms with Crippen LogP contribution in [0.15, 0.2) is 72.8 Å². The molecule has 0 bridgehead atoms. The number of anilines is 1. The average molecular weight is 659 g/mol. The number of Topliss-reactive ketones (excluding diaryl/α,β-unsaturated/α-hetero) is 1. The molecule has 2 aliphatic carbocycles. The van der Waals surface area contributed by atoms with Crippen LogP contribution in [0, 0.1) is 11.7 Å². The SMILES string of the molecule is O=C(CC1(O)C(=O)N(Cc2ccccc2)c2ccc(F)cc21)c1ccc(C(=O)NCC2CCC3(CC2)OOC2(CCCCC2)OO3)cc1. The van der Waals surface area contributed by atoms with Crippen molar-refractivity contribution in [3.8, 4) is 0 Å². The standard InChI is InChI=1S/C37H39FN2O8/c38-29-13-14-31-30(21-29)37(44,34(43)40(31)24-26-7-3-1-4-8-26)22-32(41)27-9-11-28(12-10-27)33(42)39-23-25-15-19-36(20-16-25)47-45-35(46-48-36)17-5-2-6-18-35/h1,3-4,7-14,21,25,44H,2,5-6,15-20,22-24H2,(H,39,42). The van der Waals surface area contributed by atoms with Gasteiger partial charge in [-0.25, -0.2) is 4.39 Å². The first kappa shape index (κ1) is 32.5. The zero-order valence-corrected chi connectivity index (χ0v) is 26.6. The highest BCUT2D eigenvalue weighted by Gasteiger charge is 2.52. The summed E-state index contributed by atoms with van der Waals surface area (Å²) in [5.74, 6) is -3.61. The lowest BCUT2D eigenvalue weighted by atomic mass is 9.85. The molecular weight excluding hydrogens is 619 g/mol. The van der Waals surface area contributed by atoms with Crippen molar-refractivity contribution in [3.05, 3.63) is 101 Å². The first-order valence-electron chi connectivity index (χ1n) is 16.7. The van der Waals surface area contributed by atoms with Crippen LogP contribution in [-0.2, 0) is 36.5 Å². The lowest BCUT2D eigenvalue weighted by Crippen LogP contribution is -2.53. The molecule has 7 rings (SSSR count). The Kier molecular flexibility index (Phi) is 8.90. The minimum absolute atomic E-state index is 0.0521. The normalized spacial score (nSPS) is 23.3. The van der Waals surface area contributed by atoms with E-state index < -0.39 is 41.1 Å². The van der Waals surface area contributed by atoms with E-state index in [1.165, 1.54) is 41.3 Å². The summed E-state index contributed by atoms with van der Waals surface area (Å²) < 4.78 is 14.3. The van der Waals surface area contributed by atoms with Crippen LogP contribution >= 0.6 is 0 Å². The summed E-state index contributed by atoms with van der Waals surface area (Å²) in [6.45, 7) is 0.622. The molecule has 0 radical (unpaired) electrons. The Balaban J connectivity index is 0.932. The highest BCUT2D eigenvalue weighted by molar-refractivity contribution is 6.10. The molecule has 4 aliphatic rings. The van der Waals surface area contributed by atoms with Crippen molar-refractivity contribution in [1.82, 2.24) is 5.32 Å². The van der Waals surface area contributed by atoms with Crippen molar-refractivity contribution in [2.75, 3.05) is 11.4 Å². The number of fused-ring (bicyclic) bond motifs is 1. The lowest BCUT2D eigenvalue weighted by molar-refractivity contribution is -0.663. The van der Waals surface area contributed by atoms with Gasteiger partial charge in [0.2, 0.25) is 11.6 Å². The number of rotatable bonds is 8. The second-order valence-electron chi connectivity index (χ2n) is 13.4. The van der Waals surface area contributed by atoms with Gasteiger partial charge in [0.1, 0.15) is 5.82 Å². The zero-order chi connectivity index (χ0) is 33.4. The number of hydrogen-bond acceptors (Lipinski definition) is 8. The molecule has 1 atom stereocenters. The van der Waals surface area contributed by atoms with E-state index in [1.807, 2.05) is 30.3 Å². The largest absolute Gasteiger partial charge is 0.375 e. The molecule has 2 heterocycles. The molecule has 3 fully saturated rings. The van der Waals surface area contributed by atoms with Crippen LogP contribution in [-0.4, -0.2) is 40.8 Å². The molecule has 48 heavy (non-hydrogen) atoms. The number of amides is 2. The topological polar surface area (TPSA) is 124 Å². The molecule has 252 valence electrons. The summed E-state index contributed by atoms with van der Waals surface area (Å²) >= 11 is 0. The summed E-state index contributed by atoms with van der Waals surface area (Å²) in [4.78, 5) is 64.3. The molecule has 2 amide bonds. The van der Waals surface area contributed by atoms with Crippen LogP contribution in [0.4, 0.5) is 10.1 Å². The third-order valence-electron chi connectivity index (χ3n) is 10.1. The summed E-state index contributed by atoms with van der Waals surface area (Å²) in [7, 11) is 0. The summed E-state index contributed by atoms with van der Waals surface area (Å²) in [5, 5.41) is 14.6. The van der Waals surface area contributed by atoms with Crippen LogP contribution in [0.3, 0.4) is 0 Å². The average Bonchev–Trinajstić information content (AvgIpc) is 3.31. The highest BCUT2D eigenvalue weighted by Crippen LogP contribution is 2.46. The molecule has 10 nitrogen and oxygen atoms in total. The van der Waals surface area contributed by atoms with Crippen LogP contribution in [0.5, 0.6) is 0 Å². The summed E-state index contributed by atoms with van der Waals surface area (Å²) in [5.41, 5.74) is -0.417. The first-order valence-corrected chi connectivity index (χ1v) is 16.7. The van der Waals surface area contributed by atoms with Crippen molar-refractivity contribution >= 4 is 23.3 Å². The molecule has 3 aromatic carbocycles. The Labute approximate surface area is 278 Å². The maximum Gasteiger partial charge on any atom is 0.264 e. The molecule has 2 N–H and O–H groups in total. The van der Waals surface area contributed by atoms with E-state index in [0.29, 0.717) is 30.6 Å². The number of aliphatic hydroxyl groups is 1. The minimum atomic E-state index is -2.23. The van der Waals surface area contributed by atoms with Gasteiger partial charge in [-0.3, -0.25) is 14.4 Å². The minimum Gasteiger partial charge on any atom is -0.375 e. The van der Waals surface area contributed by atoms with E-state index in [-0.39, 0.29) is 29.5 Å². The van der Waals surface area contributed by atoms with Crippen LogP contribution in [0.1, 0.15) is 96.1 Å². The number of nitrogens with one attached hydrogen (secondary N) is 1. The number of halogens is 1. The number of nitrogens with zero attached hydrogens (tertiary/aromatic N) is 1. The van der Waals surface area contributed by atoms with Crippen LogP contribution in [0.25, 0.3) is 0 Å². The summed E-state index contributed by atoms with van der Waals surface area (Å²) in [6.07, 6.45) is 6.76. The molecule has 3 aromatic rings. The van der Waals surface area contributed by atoms with Crippen molar-refractivity contribution in [2.45, 2.75) is 87.9 Å². The van der Waals surface area contributed by atoms with Gasteiger partial charge in [0.15, 0.2) is 11.4 Å². The zero-order valence-electron chi connectivity index (χ0n) is 26.6. The second kappa shape index (κ2) is 13.1. The molecule has 11 heteroatoms. The number of hydrogen-bond donors (Lipinski definition) is 2.